The van der Waals surface area contributed by atoms with Crippen molar-refractivity contribution < 1.29 is 4.79 Å². The van der Waals surface area contributed by atoms with Gasteiger partial charge >= 0.3 is 0 Å². The third-order valence-electron chi connectivity index (χ3n) is 1.87. The first kappa shape index (κ1) is 7.32. The predicted molar refractivity (Wildman–Crippen MR) is 40.2 cm³/mol. The molecule has 0 aliphatic carbocycles. The molecule has 1 rings (SSSR count). The summed E-state index contributed by atoms with van der Waals surface area (Å²) in [6, 6.07) is 0. The second-order valence-corrected chi connectivity index (χ2v) is 3.00. The fraction of sp³-hybridized carbons (Fsp3) is 0.625. The van der Waals surface area contributed by atoms with Crippen LogP contribution in [0.2, 0.25) is 0 Å². The number of rotatable bonds is 1. The molecule has 1 amide bonds. The highest BCUT2D eigenvalue weighted by molar-refractivity contribution is 5.80. The minimum absolute atomic E-state index is 0.164. The molecular formula is C8H13NO. The summed E-state index contributed by atoms with van der Waals surface area (Å²) < 4.78 is 0. The van der Waals surface area contributed by atoms with Crippen molar-refractivity contribution in [3.05, 3.63) is 12.3 Å². The van der Waals surface area contributed by atoms with E-state index in [2.05, 4.69) is 19.2 Å². The van der Waals surface area contributed by atoms with Crippen molar-refractivity contribution in [2.45, 2.75) is 20.3 Å². The van der Waals surface area contributed by atoms with Gasteiger partial charge in [-0.05, 0) is 18.5 Å². The van der Waals surface area contributed by atoms with Crippen LogP contribution in [0.4, 0.5) is 0 Å². The Morgan fingerprint density at radius 3 is 2.80 bits per heavy atom. The molecule has 0 fully saturated rings. The van der Waals surface area contributed by atoms with Gasteiger partial charge in [0.25, 0.3) is 0 Å². The number of allylic oxidation sites excluding steroid dienone is 1. The minimum atomic E-state index is 0.164. The summed E-state index contributed by atoms with van der Waals surface area (Å²) in [6.45, 7) is 4.15. The summed E-state index contributed by atoms with van der Waals surface area (Å²) in [4.78, 5) is 11.1. The SMILES string of the molecule is CC(C)[C@H]1CC=CNC1=O. The van der Waals surface area contributed by atoms with E-state index in [1.165, 1.54) is 0 Å². The van der Waals surface area contributed by atoms with Crippen LogP contribution in [0, 0.1) is 11.8 Å². The molecule has 1 atom stereocenters. The first-order chi connectivity index (χ1) is 4.72. The summed E-state index contributed by atoms with van der Waals surface area (Å²) in [5, 5.41) is 2.69. The van der Waals surface area contributed by atoms with Crippen molar-refractivity contribution in [3.8, 4) is 0 Å². The number of carbonyl (C=O) groups excluding carboxylic acids is 1. The number of hydrogen-bond acceptors (Lipinski definition) is 1. The standard InChI is InChI=1S/C8H13NO/c1-6(2)7-4-3-5-9-8(7)10/h3,5-7H,4H2,1-2H3,(H,9,10)/t7-/m1/s1. The van der Waals surface area contributed by atoms with Crippen molar-refractivity contribution in [1.29, 1.82) is 0 Å². The highest BCUT2D eigenvalue weighted by Crippen LogP contribution is 2.17. The second kappa shape index (κ2) is 2.86. The van der Waals surface area contributed by atoms with E-state index in [1.54, 1.807) is 6.20 Å². The van der Waals surface area contributed by atoms with E-state index >= 15 is 0 Å². The maximum Gasteiger partial charge on any atom is 0.227 e. The lowest BCUT2D eigenvalue weighted by molar-refractivity contribution is -0.125. The van der Waals surface area contributed by atoms with Crippen molar-refractivity contribution in [2.75, 3.05) is 0 Å². The van der Waals surface area contributed by atoms with Gasteiger partial charge in [-0.15, -0.1) is 0 Å². The second-order valence-electron chi connectivity index (χ2n) is 3.00. The zero-order valence-corrected chi connectivity index (χ0v) is 6.42. The molecule has 0 aromatic rings. The topological polar surface area (TPSA) is 29.1 Å². The normalized spacial score (nSPS) is 25.1. The molecule has 56 valence electrons. The van der Waals surface area contributed by atoms with Crippen molar-refractivity contribution in [2.24, 2.45) is 11.8 Å². The summed E-state index contributed by atoms with van der Waals surface area (Å²) in [5.74, 6) is 0.799. The largest absolute Gasteiger partial charge is 0.333 e. The van der Waals surface area contributed by atoms with Gasteiger partial charge in [0.05, 0.1) is 0 Å². The molecule has 2 nitrogen and oxygen atoms in total. The fourth-order valence-corrected chi connectivity index (χ4v) is 1.14. The molecule has 0 bridgehead atoms. The maximum atomic E-state index is 11.1. The van der Waals surface area contributed by atoms with Gasteiger partial charge in [0, 0.05) is 5.92 Å². The van der Waals surface area contributed by atoms with Gasteiger partial charge in [-0.1, -0.05) is 19.9 Å². The van der Waals surface area contributed by atoms with Crippen LogP contribution in [0.5, 0.6) is 0 Å². The summed E-state index contributed by atoms with van der Waals surface area (Å²) >= 11 is 0. The Labute approximate surface area is 61.3 Å². The highest BCUT2D eigenvalue weighted by Gasteiger charge is 2.21. The molecule has 10 heavy (non-hydrogen) atoms. The lowest BCUT2D eigenvalue weighted by Gasteiger charge is -2.20. The van der Waals surface area contributed by atoms with E-state index in [-0.39, 0.29) is 11.8 Å². The Balaban J connectivity index is 2.59. The Hall–Kier alpha value is -0.790. The smallest absolute Gasteiger partial charge is 0.227 e. The molecule has 0 radical (unpaired) electrons. The first-order valence-corrected chi connectivity index (χ1v) is 3.67. The summed E-state index contributed by atoms with van der Waals surface area (Å²) in [5.41, 5.74) is 0. The average molecular weight is 139 g/mol. The van der Waals surface area contributed by atoms with E-state index in [0.717, 1.165) is 6.42 Å². The molecule has 1 N–H and O–H groups in total. The Bertz CT molecular complexity index is 161. The molecule has 1 aliphatic rings. The van der Waals surface area contributed by atoms with E-state index in [4.69, 9.17) is 0 Å². The highest BCUT2D eigenvalue weighted by atomic mass is 16.1. The number of carbonyl (C=O) groups is 1. The summed E-state index contributed by atoms with van der Waals surface area (Å²) in [6.07, 6.45) is 4.62. The van der Waals surface area contributed by atoms with Gasteiger partial charge in [0.15, 0.2) is 0 Å². The molecule has 0 saturated carbocycles. The van der Waals surface area contributed by atoms with Crippen LogP contribution in [0.15, 0.2) is 12.3 Å². The molecule has 0 aromatic carbocycles. The number of hydrogen-bond donors (Lipinski definition) is 1. The molecule has 1 aliphatic heterocycles. The van der Waals surface area contributed by atoms with E-state index in [1.807, 2.05) is 6.08 Å². The molecule has 0 spiro atoms. The van der Waals surface area contributed by atoms with Crippen LogP contribution in [0.1, 0.15) is 20.3 Å². The van der Waals surface area contributed by atoms with Crippen LogP contribution in [-0.4, -0.2) is 5.91 Å². The first-order valence-electron chi connectivity index (χ1n) is 3.67. The van der Waals surface area contributed by atoms with Gasteiger partial charge in [-0.25, -0.2) is 0 Å². The van der Waals surface area contributed by atoms with Crippen LogP contribution in [-0.2, 0) is 4.79 Å². The van der Waals surface area contributed by atoms with Gasteiger partial charge < -0.3 is 5.32 Å². The Kier molecular flexibility index (Phi) is 2.10. The lowest BCUT2D eigenvalue weighted by Crippen LogP contribution is -2.32. The van der Waals surface area contributed by atoms with E-state index in [0.29, 0.717) is 5.92 Å². The van der Waals surface area contributed by atoms with Gasteiger partial charge in [-0.3, -0.25) is 4.79 Å². The summed E-state index contributed by atoms with van der Waals surface area (Å²) in [7, 11) is 0. The van der Waals surface area contributed by atoms with Gasteiger partial charge in [-0.2, -0.15) is 0 Å². The zero-order chi connectivity index (χ0) is 7.56. The zero-order valence-electron chi connectivity index (χ0n) is 6.42. The monoisotopic (exact) mass is 139 g/mol. The van der Waals surface area contributed by atoms with Crippen molar-refractivity contribution in [3.63, 3.8) is 0 Å². The maximum absolute atomic E-state index is 11.1. The predicted octanol–water partition coefficient (Wildman–Crippen LogP) is 1.29. The Morgan fingerprint density at radius 2 is 2.40 bits per heavy atom. The lowest BCUT2D eigenvalue weighted by atomic mass is 9.90. The van der Waals surface area contributed by atoms with Gasteiger partial charge in [0.1, 0.15) is 0 Å². The number of amides is 1. The van der Waals surface area contributed by atoms with Crippen molar-refractivity contribution in [1.82, 2.24) is 5.32 Å². The third kappa shape index (κ3) is 1.38. The van der Waals surface area contributed by atoms with Crippen LogP contribution >= 0.6 is 0 Å². The van der Waals surface area contributed by atoms with Crippen LogP contribution < -0.4 is 5.32 Å². The van der Waals surface area contributed by atoms with E-state index < -0.39 is 0 Å². The Morgan fingerprint density at radius 1 is 1.70 bits per heavy atom. The number of nitrogens with one attached hydrogen (secondary N) is 1. The molecule has 2 heteroatoms. The van der Waals surface area contributed by atoms with Crippen molar-refractivity contribution >= 4 is 5.91 Å². The minimum Gasteiger partial charge on any atom is -0.333 e. The van der Waals surface area contributed by atoms with Crippen LogP contribution in [0.25, 0.3) is 0 Å². The van der Waals surface area contributed by atoms with Crippen LogP contribution in [0.3, 0.4) is 0 Å². The average Bonchev–Trinajstić information content (AvgIpc) is 1.88. The molecule has 0 aromatic heterocycles. The fourth-order valence-electron chi connectivity index (χ4n) is 1.14. The molecular weight excluding hydrogens is 126 g/mol. The van der Waals surface area contributed by atoms with Gasteiger partial charge in [0.2, 0.25) is 5.91 Å². The molecule has 0 saturated heterocycles. The quantitative estimate of drug-likeness (QED) is 0.582. The molecule has 1 heterocycles. The third-order valence-corrected chi connectivity index (χ3v) is 1.87. The van der Waals surface area contributed by atoms with E-state index in [9.17, 15) is 4.79 Å². The molecule has 0 unspecified atom stereocenters.